The summed E-state index contributed by atoms with van der Waals surface area (Å²) in [5.74, 6) is 1.64. The number of likely N-dealkylation sites (tertiary alicyclic amines) is 1. The Morgan fingerprint density at radius 1 is 1.24 bits per heavy atom. The predicted octanol–water partition coefficient (Wildman–Crippen LogP) is 2.10. The van der Waals surface area contributed by atoms with Crippen molar-refractivity contribution in [2.75, 3.05) is 59.9 Å². The van der Waals surface area contributed by atoms with Crippen LogP contribution in [0.1, 0.15) is 40.0 Å². The molecule has 0 spiro atoms. The van der Waals surface area contributed by atoms with Crippen molar-refractivity contribution in [1.29, 1.82) is 0 Å². The third-order valence-electron chi connectivity index (χ3n) is 4.67. The number of carbonyl (C=O) groups excluding carboxylic acids is 1. The second kappa shape index (κ2) is 13.6. The van der Waals surface area contributed by atoms with Crippen molar-refractivity contribution in [2.24, 2.45) is 10.9 Å². The van der Waals surface area contributed by atoms with Gasteiger partial charge < -0.3 is 20.0 Å². The molecule has 1 saturated heterocycles. The van der Waals surface area contributed by atoms with Crippen molar-refractivity contribution in [1.82, 2.24) is 20.0 Å². The van der Waals surface area contributed by atoms with Crippen LogP contribution in [-0.4, -0.2) is 86.5 Å². The van der Waals surface area contributed by atoms with Crippen molar-refractivity contribution in [2.45, 2.75) is 40.0 Å². The second-order valence-electron chi connectivity index (χ2n) is 6.79. The van der Waals surface area contributed by atoms with Crippen molar-refractivity contribution in [3.63, 3.8) is 0 Å². The molecular formula is C18H38IN5O. The predicted molar refractivity (Wildman–Crippen MR) is 117 cm³/mol. The number of aliphatic imine (C=N–C) groups is 1. The molecule has 1 atom stereocenters. The van der Waals surface area contributed by atoms with Crippen LogP contribution in [0.5, 0.6) is 0 Å². The van der Waals surface area contributed by atoms with E-state index in [-0.39, 0.29) is 36.4 Å². The zero-order valence-corrected chi connectivity index (χ0v) is 19.1. The number of hydrogen-bond acceptors (Lipinski definition) is 3. The van der Waals surface area contributed by atoms with Gasteiger partial charge in [-0.05, 0) is 31.8 Å². The average molecular weight is 467 g/mol. The molecule has 1 N–H and O–H groups in total. The van der Waals surface area contributed by atoms with E-state index < -0.39 is 0 Å². The smallest absolute Gasteiger partial charge is 0.243 e. The van der Waals surface area contributed by atoms with Gasteiger partial charge in [0.05, 0.1) is 0 Å². The lowest BCUT2D eigenvalue weighted by atomic mass is 10.1. The second-order valence-corrected chi connectivity index (χ2v) is 6.79. The molecule has 1 aliphatic rings. The number of rotatable bonds is 9. The number of unbranched alkanes of at least 4 members (excludes halogenated alkanes) is 1. The van der Waals surface area contributed by atoms with Crippen LogP contribution in [0.4, 0.5) is 0 Å². The average Bonchev–Trinajstić information content (AvgIpc) is 3.03. The maximum Gasteiger partial charge on any atom is 0.243 e. The molecule has 6 nitrogen and oxygen atoms in total. The highest BCUT2D eigenvalue weighted by Crippen LogP contribution is 2.17. The van der Waals surface area contributed by atoms with Gasteiger partial charge in [-0.15, -0.1) is 24.0 Å². The number of nitrogens with zero attached hydrogens (tertiary/aromatic N) is 4. The molecule has 148 valence electrons. The summed E-state index contributed by atoms with van der Waals surface area (Å²) in [5.41, 5.74) is 0. The van der Waals surface area contributed by atoms with Gasteiger partial charge in [0.25, 0.3) is 0 Å². The fourth-order valence-corrected chi connectivity index (χ4v) is 2.95. The van der Waals surface area contributed by atoms with E-state index in [1.54, 1.807) is 19.0 Å². The Hall–Kier alpha value is -0.570. The van der Waals surface area contributed by atoms with E-state index in [4.69, 9.17) is 0 Å². The minimum atomic E-state index is 0. The molecular weight excluding hydrogens is 429 g/mol. The molecule has 0 bridgehead atoms. The van der Waals surface area contributed by atoms with E-state index >= 15 is 0 Å². The number of carbonyl (C=O) groups is 1. The zero-order chi connectivity index (χ0) is 17.9. The number of hydrogen-bond donors (Lipinski definition) is 1. The van der Waals surface area contributed by atoms with Gasteiger partial charge in [-0.1, -0.05) is 27.2 Å². The standard InChI is InChI=1S/C18H37N5O.HI/c1-6-9-11-19-18(20-13-17(24)21(4)5)23-12-10-16(15-23)14-22(7-2)8-3;/h16H,6-15H2,1-5H3,(H,19,20);1H. The van der Waals surface area contributed by atoms with Gasteiger partial charge in [0.2, 0.25) is 5.91 Å². The highest BCUT2D eigenvalue weighted by atomic mass is 127. The van der Waals surface area contributed by atoms with Gasteiger partial charge in [0.15, 0.2) is 5.96 Å². The summed E-state index contributed by atoms with van der Waals surface area (Å²) < 4.78 is 0. The lowest BCUT2D eigenvalue weighted by Crippen LogP contribution is -2.42. The third-order valence-corrected chi connectivity index (χ3v) is 4.67. The maximum absolute atomic E-state index is 11.8. The van der Waals surface area contributed by atoms with E-state index in [1.807, 2.05) is 0 Å². The summed E-state index contributed by atoms with van der Waals surface area (Å²) in [6.45, 7) is 13.2. The number of guanidine groups is 1. The summed E-state index contributed by atoms with van der Waals surface area (Å²) >= 11 is 0. The molecule has 0 aromatic heterocycles. The topological polar surface area (TPSA) is 51.2 Å². The molecule has 1 amide bonds. The van der Waals surface area contributed by atoms with E-state index in [2.05, 4.69) is 40.9 Å². The van der Waals surface area contributed by atoms with Crippen LogP contribution in [-0.2, 0) is 4.79 Å². The van der Waals surface area contributed by atoms with Crippen LogP contribution in [0.3, 0.4) is 0 Å². The van der Waals surface area contributed by atoms with E-state index in [9.17, 15) is 4.79 Å². The Morgan fingerprint density at radius 3 is 2.48 bits per heavy atom. The largest absolute Gasteiger partial charge is 0.356 e. The highest BCUT2D eigenvalue weighted by molar-refractivity contribution is 14.0. The van der Waals surface area contributed by atoms with Crippen LogP contribution >= 0.6 is 24.0 Å². The first-order valence-electron chi connectivity index (χ1n) is 9.47. The summed E-state index contributed by atoms with van der Waals surface area (Å²) in [4.78, 5) is 22.8. The molecule has 1 heterocycles. The van der Waals surface area contributed by atoms with Gasteiger partial charge in [-0.25, -0.2) is 4.99 Å². The number of amides is 1. The number of halogens is 1. The molecule has 1 rings (SSSR count). The molecule has 1 aliphatic heterocycles. The summed E-state index contributed by atoms with van der Waals surface area (Å²) in [6, 6.07) is 0. The van der Waals surface area contributed by atoms with Gasteiger partial charge in [-0.3, -0.25) is 4.79 Å². The minimum Gasteiger partial charge on any atom is -0.356 e. The fraction of sp³-hybridized carbons (Fsp3) is 0.889. The quantitative estimate of drug-likeness (QED) is 0.244. The minimum absolute atomic E-state index is 0. The first kappa shape index (κ1) is 24.4. The summed E-state index contributed by atoms with van der Waals surface area (Å²) in [7, 11) is 3.55. The van der Waals surface area contributed by atoms with Crippen molar-refractivity contribution >= 4 is 35.8 Å². The maximum atomic E-state index is 11.8. The summed E-state index contributed by atoms with van der Waals surface area (Å²) in [5, 5.41) is 3.45. The third kappa shape index (κ3) is 9.08. The Labute approximate surface area is 171 Å². The first-order valence-corrected chi connectivity index (χ1v) is 9.47. The molecule has 0 saturated carbocycles. The van der Waals surface area contributed by atoms with E-state index in [0.717, 1.165) is 58.1 Å². The molecule has 7 heteroatoms. The van der Waals surface area contributed by atoms with Gasteiger partial charge >= 0.3 is 0 Å². The van der Waals surface area contributed by atoms with Crippen LogP contribution in [0.15, 0.2) is 4.99 Å². The fourth-order valence-electron chi connectivity index (χ4n) is 2.95. The van der Waals surface area contributed by atoms with Gasteiger partial charge in [-0.2, -0.15) is 0 Å². The molecule has 0 aromatic carbocycles. The Balaban J connectivity index is 0.00000576. The lowest BCUT2D eigenvalue weighted by Gasteiger charge is -2.24. The monoisotopic (exact) mass is 467 g/mol. The van der Waals surface area contributed by atoms with E-state index in [0.29, 0.717) is 5.92 Å². The van der Waals surface area contributed by atoms with Crippen LogP contribution < -0.4 is 5.32 Å². The SMILES string of the molecule is CCCCNC(=NCC(=O)N(C)C)N1CCC(CN(CC)CC)C1.I. The molecule has 1 fully saturated rings. The van der Waals surface area contributed by atoms with Gasteiger partial charge in [0.1, 0.15) is 6.54 Å². The van der Waals surface area contributed by atoms with E-state index in [1.165, 1.54) is 6.42 Å². The van der Waals surface area contributed by atoms with Crippen molar-refractivity contribution in [3.05, 3.63) is 0 Å². The van der Waals surface area contributed by atoms with Crippen molar-refractivity contribution < 1.29 is 4.79 Å². The van der Waals surface area contributed by atoms with Crippen LogP contribution in [0, 0.1) is 5.92 Å². The number of likely N-dealkylation sites (N-methyl/N-ethyl adjacent to an activating group) is 1. The van der Waals surface area contributed by atoms with Gasteiger partial charge in [0, 0.05) is 40.3 Å². The molecule has 0 aromatic rings. The number of nitrogens with one attached hydrogen (secondary N) is 1. The molecule has 25 heavy (non-hydrogen) atoms. The molecule has 0 aliphatic carbocycles. The van der Waals surface area contributed by atoms with Crippen LogP contribution in [0.2, 0.25) is 0 Å². The Morgan fingerprint density at radius 2 is 1.92 bits per heavy atom. The molecule has 0 radical (unpaired) electrons. The summed E-state index contributed by atoms with van der Waals surface area (Å²) in [6.07, 6.45) is 3.48. The zero-order valence-electron chi connectivity index (χ0n) is 16.8. The lowest BCUT2D eigenvalue weighted by molar-refractivity contribution is -0.127. The highest BCUT2D eigenvalue weighted by Gasteiger charge is 2.26. The normalized spacial score (nSPS) is 17.6. The first-order chi connectivity index (χ1) is 11.5. The van der Waals surface area contributed by atoms with Crippen molar-refractivity contribution in [3.8, 4) is 0 Å². The molecule has 1 unspecified atom stereocenters. The Bertz CT molecular complexity index is 399. The van der Waals surface area contributed by atoms with Crippen LogP contribution in [0.25, 0.3) is 0 Å². The Kier molecular flexibility index (Phi) is 13.3.